The monoisotopic (exact) mass is 407 g/mol. The zero-order valence-electron chi connectivity index (χ0n) is 16.2. The summed E-state index contributed by atoms with van der Waals surface area (Å²) in [5, 5.41) is 1.98. The lowest BCUT2D eigenvalue weighted by Crippen LogP contribution is -2.47. The van der Waals surface area contributed by atoms with Gasteiger partial charge in [-0.2, -0.15) is 0 Å². The molecule has 1 fully saturated rings. The van der Waals surface area contributed by atoms with Crippen LogP contribution in [-0.2, 0) is 13.1 Å². The van der Waals surface area contributed by atoms with Gasteiger partial charge in [-0.1, -0.05) is 54.2 Å². The van der Waals surface area contributed by atoms with Gasteiger partial charge in [-0.3, -0.25) is 4.90 Å². The van der Waals surface area contributed by atoms with E-state index >= 15 is 0 Å². The minimum atomic E-state index is -0.662. The summed E-state index contributed by atoms with van der Waals surface area (Å²) in [5.41, 5.74) is 11.3. The van der Waals surface area contributed by atoms with E-state index in [1.54, 1.807) is 11.8 Å². The molecule has 0 radical (unpaired) electrons. The molecule has 29 heavy (non-hydrogen) atoms. The molecule has 0 spiro atoms. The number of anilines is 1. The van der Waals surface area contributed by atoms with Crippen LogP contribution in [0.4, 0.5) is 10.2 Å². The fraction of sp³-hybridized carbons (Fsp3) is 0.273. The van der Waals surface area contributed by atoms with Crippen molar-refractivity contribution in [3.05, 3.63) is 59.7 Å². The summed E-state index contributed by atoms with van der Waals surface area (Å²) in [6.07, 6.45) is 1.36. The van der Waals surface area contributed by atoms with E-state index in [4.69, 9.17) is 10.7 Å². The molecule has 5 rings (SSSR count). The number of alkyl halides is 1. The lowest BCUT2D eigenvalue weighted by atomic mass is 10.1. The van der Waals surface area contributed by atoms with Gasteiger partial charge in [-0.05, 0) is 23.4 Å². The van der Waals surface area contributed by atoms with Crippen LogP contribution >= 0.6 is 11.8 Å². The zero-order chi connectivity index (χ0) is 20.0. The van der Waals surface area contributed by atoms with Gasteiger partial charge in [-0.25, -0.2) is 14.4 Å². The van der Waals surface area contributed by atoms with Crippen LogP contribution in [0.2, 0.25) is 0 Å². The molecule has 148 valence electrons. The lowest BCUT2D eigenvalue weighted by Gasteiger charge is -2.34. The molecule has 0 saturated carbocycles. The molecule has 1 aliphatic rings. The fourth-order valence-electron chi connectivity index (χ4n) is 3.97. The van der Waals surface area contributed by atoms with Crippen LogP contribution < -0.4 is 5.73 Å². The molecule has 2 aromatic heterocycles. The zero-order valence-corrected chi connectivity index (χ0v) is 17.0. The topological polar surface area (TPSA) is 60.0 Å². The summed E-state index contributed by atoms with van der Waals surface area (Å²) >= 11 is 1.61. The first-order valence-corrected chi connectivity index (χ1v) is 10.9. The summed E-state index contributed by atoms with van der Waals surface area (Å²) in [7, 11) is 0. The highest BCUT2D eigenvalue weighted by molar-refractivity contribution is 7.98. The van der Waals surface area contributed by atoms with Crippen molar-refractivity contribution in [2.24, 2.45) is 0 Å². The number of benzene rings is 2. The Morgan fingerprint density at radius 3 is 2.41 bits per heavy atom. The molecule has 5 nitrogen and oxygen atoms in total. The Kier molecular flexibility index (Phi) is 4.64. The van der Waals surface area contributed by atoms with Crippen molar-refractivity contribution in [3.63, 3.8) is 0 Å². The highest BCUT2D eigenvalue weighted by atomic mass is 32.2. The molecule has 0 aliphatic carbocycles. The standard InChI is InChI=1S/C22H22FN5S/c1-29-22-26-19-20(17-4-2-3-5-18(17)25-21(19)24)28(22)11-15-8-6-14(7-9-15)10-27-12-16(23)13-27/h2-9,16H,10-13H2,1H3,(H2,24,25). The number of pyridine rings is 1. The van der Waals surface area contributed by atoms with Gasteiger partial charge in [0.2, 0.25) is 0 Å². The van der Waals surface area contributed by atoms with E-state index in [1.807, 2.05) is 24.5 Å². The van der Waals surface area contributed by atoms with Gasteiger partial charge in [0.15, 0.2) is 11.0 Å². The first kappa shape index (κ1) is 18.4. The number of hydrogen-bond donors (Lipinski definition) is 1. The number of nitrogens with two attached hydrogens (primary N) is 1. The number of nitrogen functional groups attached to an aromatic ring is 1. The number of aromatic nitrogens is 3. The summed E-state index contributed by atoms with van der Waals surface area (Å²) < 4.78 is 15.2. The number of imidazole rings is 1. The SMILES string of the molecule is CSc1nc2c(N)nc3ccccc3c2n1Cc1ccc(CN2CC(F)C2)cc1. The second kappa shape index (κ2) is 7.31. The van der Waals surface area contributed by atoms with E-state index in [9.17, 15) is 4.39 Å². The number of halogens is 1. The highest BCUT2D eigenvalue weighted by Crippen LogP contribution is 2.32. The largest absolute Gasteiger partial charge is 0.382 e. The van der Waals surface area contributed by atoms with Crippen molar-refractivity contribution in [1.29, 1.82) is 0 Å². The molecule has 0 amide bonds. The molecule has 0 atom stereocenters. The fourth-order valence-corrected chi connectivity index (χ4v) is 4.53. The van der Waals surface area contributed by atoms with Crippen LogP contribution in [-0.4, -0.2) is 45.0 Å². The van der Waals surface area contributed by atoms with Gasteiger partial charge in [0, 0.05) is 25.0 Å². The van der Waals surface area contributed by atoms with Crippen molar-refractivity contribution in [2.45, 2.75) is 24.4 Å². The number of para-hydroxylation sites is 1. The number of hydrogen-bond acceptors (Lipinski definition) is 5. The Bertz CT molecular complexity index is 1180. The molecule has 1 aliphatic heterocycles. The molecule has 4 aromatic rings. The van der Waals surface area contributed by atoms with Gasteiger partial charge in [-0.15, -0.1) is 0 Å². The molecule has 1 saturated heterocycles. The number of nitrogens with zero attached hydrogens (tertiary/aromatic N) is 4. The third kappa shape index (κ3) is 3.34. The molecule has 3 heterocycles. The highest BCUT2D eigenvalue weighted by Gasteiger charge is 2.25. The number of likely N-dealkylation sites (tertiary alicyclic amines) is 1. The summed E-state index contributed by atoms with van der Waals surface area (Å²) in [4.78, 5) is 11.4. The molecule has 7 heteroatoms. The van der Waals surface area contributed by atoms with Crippen molar-refractivity contribution in [2.75, 3.05) is 25.1 Å². The summed E-state index contributed by atoms with van der Waals surface area (Å²) in [5.74, 6) is 0.462. The Morgan fingerprint density at radius 1 is 1.03 bits per heavy atom. The average Bonchev–Trinajstić information content (AvgIpc) is 3.08. The van der Waals surface area contributed by atoms with Crippen LogP contribution in [0.25, 0.3) is 21.9 Å². The van der Waals surface area contributed by atoms with Crippen LogP contribution in [0, 0.1) is 0 Å². The summed E-state index contributed by atoms with van der Waals surface area (Å²) in [6, 6.07) is 16.6. The van der Waals surface area contributed by atoms with Crippen molar-refractivity contribution >= 4 is 39.5 Å². The third-order valence-electron chi connectivity index (χ3n) is 5.44. The van der Waals surface area contributed by atoms with E-state index in [2.05, 4.69) is 44.8 Å². The van der Waals surface area contributed by atoms with E-state index in [0.717, 1.165) is 33.6 Å². The Hall–Kier alpha value is -2.64. The van der Waals surface area contributed by atoms with Crippen LogP contribution in [0.15, 0.2) is 53.7 Å². The lowest BCUT2D eigenvalue weighted by molar-refractivity contribution is 0.0591. The quantitative estimate of drug-likeness (QED) is 0.505. The first-order chi connectivity index (χ1) is 14.1. The summed E-state index contributed by atoms with van der Waals surface area (Å²) in [6.45, 7) is 2.60. The number of rotatable bonds is 5. The number of fused-ring (bicyclic) bond motifs is 3. The maximum Gasteiger partial charge on any atom is 0.169 e. The molecule has 0 unspecified atom stereocenters. The second-order valence-electron chi connectivity index (χ2n) is 7.50. The van der Waals surface area contributed by atoms with Crippen LogP contribution in [0.3, 0.4) is 0 Å². The molecule has 2 N–H and O–H groups in total. The third-order valence-corrected chi connectivity index (χ3v) is 6.12. The van der Waals surface area contributed by atoms with Crippen molar-refractivity contribution < 1.29 is 4.39 Å². The predicted molar refractivity (Wildman–Crippen MR) is 117 cm³/mol. The second-order valence-corrected chi connectivity index (χ2v) is 8.28. The van der Waals surface area contributed by atoms with E-state index in [1.165, 1.54) is 11.1 Å². The molecule has 2 aromatic carbocycles. The van der Waals surface area contributed by atoms with Crippen molar-refractivity contribution in [3.8, 4) is 0 Å². The maximum atomic E-state index is 13.0. The Labute approximate surface area is 172 Å². The van der Waals surface area contributed by atoms with Gasteiger partial charge >= 0.3 is 0 Å². The minimum absolute atomic E-state index is 0.462. The van der Waals surface area contributed by atoms with Crippen molar-refractivity contribution in [1.82, 2.24) is 19.4 Å². The Morgan fingerprint density at radius 2 is 1.72 bits per heavy atom. The van der Waals surface area contributed by atoms with Crippen LogP contribution in [0.5, 0.6) is 0 Å². The molecular formula is C22H22FN5S. The smallest absolute Gasteiger partial charge is 0.169 e. The van der Waals surface area contributed by atoms with E-state index in [-0.39, 0.29) is 0 Å². The van der Waals surface area contributed by atoms with Gasteiger partial charge in [0.05, 0.1) is 17.6 Å². The van der Waals surface area contributed by atoms with Crippen LogP contribution in [0.1, 0.15) is 11.1 Å². The number of thioether (sulfide) groups is 1. The average molecular weight is 408 g/mol. The normalized spacial score (nSPS) is 15.2. The Balaban J connectivity index is 1.51. The molecule has 0 bridgehead atoms. The van der Waals surface area contributed by atoms with E-state index in [0.29, 0.717) is 25.5 Å². The maximum absolute atomic E-state index is 13.0. The van der Waals surface area contributed by atoms with Gasteiger partial charge in [0.1, 0.15) is 11.7 Å². The van der Waals surface area contributed by atoms with E-state index < -0.39 is 6.17 Å². The van der Waals surface area contributed by atoms with Gasteiger partial charge in [0.25, 0.3) is 0 Å². The minimum Gasteiger partial charge on any atom is -0.382 e. The first-order valence-electron chi connectivity index (χ1n) is 9.65. The molecular weight excluding hydrogens is 385 g/mol. The van der Waals surface area contributed by atoms with Gasteiger partial charge < -0.3 is 10.3 Å². The predicted octanol–water partition coefficient (Wildman–Crippen LogP) is 4.09.